The lowest BCUT2D eigenvalue weighted by atomic mass is 10.0. The lowest BCUT2D eigenvalue weighted by Crippen LogP contribution is -2.31. The minimum atomic E-state index is -0.0540. The summed E-state index contributed by atoms with van der Waals surface area (Å²) in [7, 11) is 0. The predicted molar refractivity (Wildman–Crippen MR) is 89.4 cm³/mol. The number of hydrogen-bond donors (Lipinski definition) is 1. The summed E-state index contributed by atoms with van der Waals surface area (Å²) in [5, 5.41) is 3.07. The number of nitrogens with one attached hydrogen (secondary N) is 1. The van der Waals surface area contributed by atoms with Crippen molar-refractivity contribution in [1.29, 1.82) is 0 Å². The number of benzene rings is 1. The molecule has 0 aliphatic carbocycles. The Bertz CT molecular complexity index is 473. The van der Waals surface area contributed by atoms with E-state index < -0.39 is 0 Å². The lowest BCUT2D eigenvalue weighted by molar-refractivity contribution is -0.125. The Balaban J connectivity index is 2.82. The molecule has 4 heteroatoms. The van der Waals surface area contributed by atoms with Crippen molar-refractivity contribution >= 4 is 5.91 Å². The fourth-order valence-corrected chi connectivity index (χ4v) is 2.34. The predicted octanol–water partition coefficient (Wildman–Crippen LogP) is 4.10. The van der Waals surface area contributed by atoms with Crippen molar-refractivity contribution in [1.82, 2.24) is 5.32 Å². The van der Waals surface area contributed by atoms with Crippen LogP contribution in [0.15, 0.2) is 18.2 Å². The molecule has 1 aromatic rings. The van der Waals surface area contributed by atoms with E-state index >= 15 is 0 Å². The van der Waals surface area contributed by atoms with Crippen LogP contribution in [0.5, 0.6) is 11.5 Å². The van der Waals surface area contributed by atoms with Crippen LogP contribution in [0.4, 0.5) is 0 Å². The summed E-state index contributed by atoms with van der Waals surface area (Å²) in [6.45, 7) is 11.1. The highest BCUT2D eigenvalue weighted by atomic mass is 16.5. The van der Waals surface area contributed by atoms with Gasteiger partial charge in [-0.15, -0.1) is 0 Å². The quantitative estimate of drug-likeness (QED) is 0.747. The number of amides is 1. The molecule has 0 aliphatic rings. The molecule has 2 atom stereocenters. The zero-order valence-electron chi connectivity index (χ0n) is 14.4. The molecule has 0 aromatic heterocycles. The summed E-state index contributed by atoms with van der Waals surface area (Å²) in [5.74, 6) is 1.61. The fraction of sp³-hybridized carbons (Fsp3) is 0.611. The molecule has 0 aliphatic heterocycles. The minimum Gasteiger partial charge on any atom is -0.490 e. The van der Waals surface area contributed by atoms with Gasteiger partial charge in [-0.3, -0.25) is 4.79 Å². The molecule has 124 valence electrons. The Morgan fingerprint density at radius 1 is 1.09 bits per heavy atom. The first-order chi connectivity index (χ1) is 10.5. The molecule has 2 unspecified atom stereocenters. The summed E-state index contributed by atoms with van der Waals surface area (Å²) in [4.78, 5) is 12.1. The third-order valence-corrected chi connectivity index (χ3v) is 3.60. The van der Waals surface area contributed by atoms with Gasteiger partial charge >= 0.3 is 0 Å². The second kappa shape index (κ2) is 9.34. The van der Waals surface area contributed by atoms with Crippen LogP contribution in [0.3, 0.4) is 0 Å². The highest BCUT2D eigenvalue weighted by Crippen LogP contribution is 2.30. The van der Waals surface area contributed by atoms with Gasteiger partial charge in [-0.25, -0.2) is 0 Å². The Morgan fingerprint density at radius 2 is 1.73 bits per heavy atom. The molecule has 1 N–H and O–H groups in total. The highest BCUT2D eigenvalue weighted by Gasteiger charge is 2.16. The average Bonchev–Trinajstić information content (AvgIpc) is 2.49. The largest absolute Gasteiger partial charge is 0.490 e. The Kier molecular flexibility index (Phi) is 7.78. The molecular formula is C18H29NO3. The van der Waals surface area contributed by atoms with Crippen LogP contribution >= 0.6 is 0 Å². The molecule has 1 rings (SSSR count). The minimum absolute atomic E-state index is 0.0431. The van der Waals surface area contributed by atoms with E-state index in [1.165, 1.54) is 0 Å². The van der Waals surface area contributed by atoms with Crippen LogP contribution < -0.4 is 14.8 Å². The van der Waals surface area contributed by atoms with Gasteiger partial charge in [0.25, 0.3) is 0 Å². The molecule has 0 spiro atoms. The van der Waals surface area contributed by atoms with Crippen molar-refractivity contribution in [3.8, 4) is 11.5 Å². The monoisotopic (exact) mass is 307 g/mol. The SMILES string of the molecule is CCCC(C)C(=O)NC(C)c1ccc(OCC)c(OCC)c1. The van der Waals surface area contributed by atoms with Gasteiger partial charge in [0.1, 0.15) is 0 Å². The smallest absolute Gasteiger partial charge is 0.223 e. The molecule has 22 heavy (non-hydrogen) atoms. The number of hydrogen-bond acceptors (Lipinski definition) is 3. The van der Waals surface area contributed by atoms with Crippen LogP contribution in [-0.2, 0) is 4.79 Å². The maximum atomic E-state index is 12.1. The third-order valence-electron chi connectivity index (χ3n) is 3.60. The van der Waals surface area contributed by atoms with Crippen LogP contribution in [0.2, 0.25) is 0 Å². The second-order valence-corrected chi connectivity index (χ2v) is 5.49. The highest BCUT2D eigenvalue weighted by molar-refractivity contribution is 5.78. The van der Waals surface area contributed by atoms with E-state index in [1.54, 1.807) is 0 Å². The van der Waals surface area contributed by atoms with Crippen molar-refractivity contribution < 1.29 is 14.3 Å². The van der Waals surface area contributed by atoms with Gasteiger partial charge in [0, 0.05) is 5.92 Å². The van der Waals surface area contributed by atoms with E-state index in [-0.39, 0.29) is 17.9 Å². The second-order valence-electron chi connectivity index (χ2n) is 5.49. The Morgan fingerprint density at radius 3 is 2.32 bits per heavy atom. The number of ether oxygens (including phenoxy) is 2. The average molecular weight is 307 g/mol. The molecule has 1 amide bonds. The molecular weight excluding hydrogens is 278 g/mol. The van der Waals surface area contributed by atoms with E-state index in [0.717, 1.165) is 29.9 Å². The molecule has 0 saturated carbocycles. The lowest BCUT2D eigenvalue weighted by Gasteiger charge is -2.19. The van der Waals surface area contributed by atoms with Gasteiger partial charge in [0.05, 0.1) is 19.3 Å². The zero-order chi connectivity index (χ0) is 16.5. The van der Waals surface area contributed by atoms with Crippen molar-refractivity contribution in [3.05, 3.63) is 23.8 Å². The van der Waals surface area contributed by atoms with E-state index in [0.29, 0.717) is 13.2 Å². The van der Waals surface area contributed by atoms with Gasteiger partial charge < -0.3 is 14.8 Å². The molecule has 1 aromatic carbocycles. The maximum absolute atomic E-state index is 12.1. The number of rotatable bonds is 9. The first-order valence-electron chi connectivity index (χ1n) is 8.23. The third kappa shape index (κ3) is 5.24. The molecule has 0 bridgehead atoms. The standard InChI is InChI=1S/C18H29NO3/c1-6-9-13(4)18(20)19-14(5)15-10-11-16(21-7-2)17(12-15)22-8-3/h10-14H,6-9H2,1-5H3,(H,19,20). The molecule has 0 saturated heterocycles. The Labute approximate surface area is 134 Å². The first-order valence-corrected chi connectivity index (χ1v) is 8.23. The fourth-order valence-electron chi connectivity index (χ4n) is 2.34. The van der Waals surface area contributed by atoms with Crippen LogP contribution in [-0.4, -0.2) is 19.1 Å². The van der Waals surface area contributed by atoms with E-state index in [9.17, 15) is 4.79 Å². The van der Waals surface area contributed by atoms with Crippen LogP contribution in [0, 0.1) is 5.92 Å². The summed E-state index contributed by atoms with van der Waals surface area (Å²) >= 11 is 0. The molecule has 0 heterocycles. The summed E-state index contributed by atoms with van der Waals surface area (Å²) in [6.07, 6.45) is 1.92. The molecule has 0 fully saturated rings. The van der Waals surface area contributed by atoms with Crippen molar-refractivity contribution in [2.75, 3.05) is 13.2 Å². The normalized spacial score (nSPS) is 13.3. The topological polar surface area (TPSA) is 47.6 Å². The molecule has 0 radical (unpaired) electrons. The van der Waals surface area contributed by atoms with Crippen molar-refractivity contribution in [2.45, 2.75) is 53.5 Å². The van der Waals surface area contributed by atoms with Gasteiger partial charge in [-0.05, 0) is 44.9 Å². The number of carbonyl (C=O) groups excluding carboxylic acids is 1. The van der Waals surface area contributed by atoms with Gasteiger partial charge in [-0.2, -0.15) is 0 Å². The first kappa shape index (κ1) is 18.3. The summed E-state index contributed by atoms with van der Waals surface area (Å²) in [6, 6.07) is 5.77. The zero-order valence-corrected chi connectivity index (χ0v) is 14.4. The molecule has 4 nitrogen and oxygen atoms in total. The van der Waals surface area contributed by atoms with Crippen LogP contribution in [0.1, 0.15) is 59.1 Å². The van der Waals surface area contributed by atoms with Gasteiger partial charge in [0.2, 0.25) is 5.91 Å². The summed E-state index contributed by atoms with van der Waals surface area (Å²) in [5.41, 5.74) is 1.02. The Hall–Kier alpha value is -1.71. The van der Waals surface area contributed by atoms with E-state index in [2.05, 4.69) is 12.2 Å². The maximum Gasteiger partial charge on any atom is 0.223 e. The summed E-state index contributed by atoms with van der Waals surface area (Å²) < 4.78 is 11.2. The van der Waals surface area contributed by atoms with Crippen molar-refractivity contribution in [2.24, 2.45) is 5.92 Å². The van der Waals surface area contributed by atoms with Gasteiger partial charge in [0.15, 0.2) is 11.5 Å². The van der Waals surface area contributed by atoms with E-state index in [4.69, 9.17) is 9.47 Å². The van der Waals surface area contributed by atoms with Crippen LogP contribution in [0.25, 0.3) is 0 Å². The van der Waals surface area contributed by atoms with Gasteiger partial charge in [-0.1, -0.05) is 26.3 Å². The van der Waals surface area contributed by atoms with Crippen molar-refractivity contribution in [3.63, 3.8) is 0 Å². The number of carbonyl (C=O) groups is 1. The van der Waals surface area contributed by atoms with E-state index in [1.807, 2.05) is 45.9 Å².